The van der Waals surface area contributed by atoms with Crippen LogP contribution in [0.25, 0.3) is 0 Å². The fourth-order valence-corrected chi connectivity index (χ4v) is 2.47. The second kappa shape index (κ2) is 6.69. The maximum absolute atomic E-state index is 9.39. The first-order valence-corrected chi connectivity index (χ1v) is 7.02. The molecule has 0 bridgehead atoms. The van der Waals surface area contributed by atoms with E-state index in [1.165, 1.54) is 25.7 Å². The Hall–Kier alpha value is -0.160. The lowest BCUT2D eigenvalue weighted by molar-refractivity contribution is 0.0677. The molecule has 4 nitrogen and oxygen atoms in total. The smallest absolute Gasteiger partial charge is 0.0702 e. The van der Waals surface area contributed by atoms with Gasteiger partial charge in [0.2, 0.25) is 0 Å². The summed E-state index contributed by atoms with van der Waals surface area (Å²) in [4.78, 5) is 2.40. The molecule has 2 rings (SSSR count). The van der Waals surface area contributed by atoms with Crippen LogP contribution in [0.2, 0.25) is 0 Å². The number of hydrogen-bond donors (Lipinski definition) is 2. The largest absolute Gasteiger partial charge is 0.395 e. The topological polar surface area (TPSA) is 44.7 Å². The Kier molecular flexibility index (Phi) is 5.22. The Bertz CT molecular complexity index is 215. The molecule has 0 aromatic carbocycles. The van der Waals surface area contributed by atoms with E-state index in [-0.39, 0.29) is 12.6 Å². The lowest BCUT2D eigenvalue weighted by atomic mass is 10.2. The number of nitrogens with zero attached hydrogens (tertiary/aromatic N) is 1. The lowest BCUT2D eigenvalue weighted by Gasteiger charge is -2.28. The Balaban J connectivity index is 1.71. The summed E-state index contributed by atoms with van der Waals surface area (Å²) in [6, 6.07) is 0.887. The van der Waals surface area contributed by atoms with Crippen LogP contribution in [-0.4, -0.2) is 61.0 Å². The molecule has 2 N–H and O–H groups in total. The number of aliphatic hydroxyl groups is 1. The Morgan fingerprint density at radius 3 is 2.76 bits per heavy atom. The average molecular weight is 242 g/mol. The van der Waals surface area contributed by atoms with Crippen LogP contribution in [0.15, 0.2) is 0 Å². The molecule has 0 radical (unpaired) electrons. The van der Waals surface area contributed by atoms with Crippen molar-refractivity contribution in [1.29, 1.82) is 0 Å². The molecule has 100 valence electrons. The van der Waals surface area contributed by atoms with Crippen molar-refractivity contribution in [2.75, 3.05) is 32.8 Å². The molecule has 17 heavy (non-hydrogen) atoms. The first-order chi connectivity index (χ1) is 8.31. The van der Waals surface area contributed by atoms with Crippen LogP contribution in [0.3, 0.4) is 0 Å². The second-order valence-corrected chi connectivity index (χ2v) is 5.31. The molecule has 4 heteroatoms. The molecule has 2 unspecified atom stereocenters. The maximum atomic E-state index is 9.39. The molecule has 1 aliphatic heterocycles. The number of nitrogens with one attached hydrogen (secondary N) is 1. The predicted octanol–water partition coefficient (Wildman–Crippen LogP) is 0.600. The van der Waals surface area contributed by atoms with E-state index in [1.807, 2.05) is 0 Å². The Morgan fingerprint density at radius 1 is 1.41 bits per heavy atom. The number of likely N-dealkylation sites (N-methyl/N-ethyl adjacent to an activating group) is 1. The summed E-state index contributed by atoms with van der Waals surface area (Å²) in [5.41, 5.74) is 0. The average Bonchev–Trinajstić information content (AvgIpc) is 3.01. The minimum Gasteiger partial charge on any atom is -0.395 e. The highest BCUT2D eigenvalue weighted by Gasteiger charge is 2.26. The molecule has 2 aliphatic rings. The Labute approximate surface area is 104 Å². The highest BCUT2D eigenvalue weighted by Crippen LogP contribution is 2.19. The molecule has 0 aromatic rings. The number of hydrogen-bond acceptors (Lipinski definition) is 4. The molecule has 1 saturated carbocycles. The van der Waals surface area contributed by atoms with E-state index in [1.54, 1.807) is 0 Å². The van der Waals surface area contributed by atoms with Gasteiger partial charge in [0.15, 0.2) is 0 Å². The number of ether oxygens (including phenoxy) is 1. The summed E-state index contributed by atoms with van der Waals surface area (Å²) in [5.74, 6) is 0. The monoisotopic (exact) mass is 242 g/mol. The van der Waals surface area contributed by atoms with Gasteiger partial charge in [-0.1, -0.05) is 6.92 Å². The SMILES string of the molecule is CCN(CC(CO)NC1CC1)CC1CCCO1. The van der Waals surface area contributed by atoms with Gasteiger partial charge < -0.3 is 15.2 Å². The zero-order chi connectivity index (χ0) is 12.1. The van der Waals surface area contributed by atoms with Crippen molar-refractivity contribution in [1.82, 2.24) is 10.2 Å². The van der Waals surface area contributed by atoms with Gasteiger partial charge in [-0.2, -0.15) is 0 Å². The normalized spacial score (nSPS) is 26.6. The van der Waals surface area contributed by atoms with E-state index in [2.05, 4.69) is 17.1 Å². The van der Waals surface area contributed by atoms with Gasteiger partial charge >= 0.3 is 0 Å². The fourth-order valence-electron chi connectivity index (χ4n) is 2.47. The van der Waals surface area contributed by atoms with Crippen LogP contribution in [0.1, 0.15) is 32.6 Å². The third-order valence-electron chi connectivity index (χ3n) is 3.68. The molecule has 2 atom stereocenters. The van der Waals surface area contributed by atoms with E-state index in [0.29, 0.717) is 12.1 Å². The van der Waals surface area contributed by atoms with Crippen LogP contribution >= 0.6 is 0 Å². The lowest BCUT2D eigenvalue weighted by Crippen LogP contribution is -2.46. The molecule has 1 aliphatic carbocycles. The van der Waals surface area contributed by atoms with Gasteiger partial charge in [-0.25, -0.2) is 0 Å². The quantitative estimate of drug-likeness (QED) is 0.654. The Morgan fingerprint density at radius 2 is 2.24 bits per heavy atom. The highest BCUT2D eigenvalue weighted by atomic mass is 16.5. The highest BCUT2D eigenvalue weighted by molar-refractivity contribution is 4.86. The summed E-state index contributed by atoms with van der Waals surface area (Å²) < 4.78 is 5.67. The summed E-state index contributed by atoms with van der Waals surface area (Å²) in [6.07, 6.45) is 5.35. The molecule has 0 spiro atoms. The van der Waals surface area contributed by atoms with Crippen LogP contribution in [-0.2, 0) is 4.74 Å². The molecule has 0 aromatic heterocycles. The van der Waals surface area contributed by atoms with Crippen molar-refractivity contribution in [2.45, 2.75) is 50.8 Å². The zero-order valence-electron chi connectivity index (χ0n) is 10.9. The van der Waals surface area contributed by atoms with Crippen LogP contribution in [0, 0.1) is 0 Å². The molecular weight excluding hydrogens is 216 g/mol. The molecule has 2 fully saturated rings. The van der Waals surface area contributed by atoms with Crippen molar-refractivity contribution in [3.05, 3.63) is 0 Å². The van der Waals surface area contributed by atoms with Crippen LogP contribution < -0.4 is 5.32 Å². The first kappa shape index (κ1) is 13.3. The van der Waals surface area contributed by atoms with Crippen molar-refractivity contribution in [2.24, 2.45) is 0 Å². The van der Waals surface area contributed by atoms with Crippen molar-refractivity contribution < 1.29 is 9.84 Å². The number of aliphatic hydroxyl groups excluding tert-OH is 1. The third-order valence-corrected chi connectivity index (χ3v) is 3.68. The summed E-state index contributed by atoms with van der Waals surface area (Å²) in [5, 5.41) is 12.9. The van der Waals surface area contributed by atoms with E-state index < -0.39 is 0 Å². The van der Waals surface area contributed by atoms with Crippen molar-refractivity contribution in [3.63, 3.8) is 0 Å². The molecule has 1 heterocycles. The zero-order valence-corrected chi connectivity index (χ0v) is 10.9. The summed E-state index contributed by atoms with van der Waals surface area (Å²) >= 11 is 0. The second-order valence-electron chi connectivity index (χ2n) is 5.31. The van der Waals surface area contributed by atoms with Crippen LogP contribution in [0.5, 0.6) is 0 Å². The summed E-state index contributed by atoms with van der Waals surface area (Å²) in [6.45, 7) is 6.32. The van der Waals surface area contributed by atoms with E-state index >= 15 is 0 Å². The fraction of sp³-hybridized carbons (Fsp3) is 1.00. The minimum atomic E-state index is 0.226. The third kappa shape index (κ3) is 4.54. The van der Waals surface area contributed by atoms with Crippen molar-refractivity contribution in [3.8, 4) is 0 Å². The summed E-state index contributed by atoms with van der Waals surface area (Å²) in [7, 11) is 0. The van der Waals surface area contributed by atoms with Gasteiger partial charge in [-0.15, -0.1) is 0 Å². The van der Waals surface area contributed by atoms with E-state index in [4.69, 9.17) is 4.74 Å². The molecule has 0 amide bonds. The minimum absolute atomic E-state index is 0.226. The van der Waals surface area contributed by atoms with Gasteiger partial charge in [0.1, 0.15) is 0 Å². The van der Waals surface area contributed by atoms with E-state index in [9.17, 15) is 5.11 Å². The predicted molar refractivity (Wildman–Crippen MR) is 68.1 cm³/mol. The van der Waals surface area contributed by atoms with Crippen LogP contribution in [0.4, 0.5) is 0 Å². The number of rotatable bonds is 8. The van der Waals surface area contributed by atoms with E-state index in [0.717, 1.165) is 26.2 Å². The molecule has 1 saturated heterocycles. The first-order valence-electron chi connectivity index (χ1n) is 7.02. The van der Waals surface area contributed by atoms with Gasteiger partial charge in [-0.3, -0.25) is 4.90 Å². The standard InChI is InChI=1S/C13H26N2O2/c1-2-15(9-13-4-3-7-17-13)8-12(10-16)14-11-5-6-11/h11-14,16H,2-10H2,1H3. The van der Waals surface area contributed by atoms with Gasteiger partial charge in [-0.05, 0) is 32.2 Å². The maximum Gasteiger partial charge on any atom is 0.0702 e. The van der Waals surface area contributed by atoms with Crippen molar-refractivity contribution >= 4 is 0 Å². The van der Waals surface area contributed by atoms with Gasteiger partial charge in [0.25, 0.3) is 0 Å². The van der Waals surface area contributed by atoms with Gasteiger partial charge in [0.05, 0.1) is 12.7 Å². The van der Waals surface area contributed by atoms with Gasteiger partial charge in [0, 0.05) is 31.8 Å². The molecular formula is C13H26N2O2.